The predicted octanol–water partition coefficient (Wildman–Crippen LogP) is 5.93. The zero-order valence-electron chi connectivity index (χ0n) is 18.6. The van der Waals surface area contributed by atoms with Crippen LogP contribution >= 0.6 is 0 Å². The minimum atomic E-state index is 0.482. The Kier molecular flexibility index (Phi) is 5.63. The van der Waals surface area contributed by atoms with Gasteiger partial charge in [0.25, 0.3) is 0 Å². The Labute approximate surface area is 185 Å². The average molecular weight is 414 g/mol. The van der Waals surface area contributed by atoms with E-state index in [0.29, 0.717) is 24.5 Å². The van der Waals surface area contributed by atoms with Crippen molar-refractivity contribution in [1.82, 2.24) is 9.97 Å². The fraction of sp³-hybridized carbons (Fsp3) is 0.407. The maximum atomic E-state index is 5.98. The topological polar surface area (TPSA) is 38.2 Å². The number of aryl methyl sites for hydroxylation is 2. The standard InChI is InChI=1S/C27H31N3O/c1-19-7-3-4-8-25(19)26-11-12-28-27(29-26)31-18-21-16-22(17-21)24-10-9-23(15-20(24)2)30-13-5-6-14-30/h3-4,7-12,15,21-22H,5-6,13-14,16-18H2,1-2H3. The first-order valence-electron chi connectivity index (χ1n) is 11.5. The molecule has 0 N–H and O–H groups in total. The van der Waals surface area contributed by atoms with Gasteiger partial charge in [-0.1, -0.05) is 30.3 Å². The smallest absolute Gasteiger partial charge is 0.316 e. The van der Waals surface area contributed by atoms with Crippen LogP contribution in [0, 0.1) is 19.8 Å². The van der Waals surface area contributed by atoms with Crippen molar-refractivity contribution < 1.29 is 4.74 Å². The number of ether oxygens (including phenoxy) is 1. The van der Waals surface area contributed by atoms with Gasteiger partial charge in [-0.15, -0.1) is 0 Å². The fourth-order valence-corrected chi connectivity index (χ4v) is 5.03. The third-order valence-corrected chi connectivity index (χ3v) is 6.90. The number of rotatable bonds is 6. The Morgan fingerprint density at radius 3 is 2.55 bits per heavy atom. The molecule has 0 bridgehead atoms. The van der Waals surface area contributed by atoms with E-state index in [1.165, 1.54) is 61.2 Å². The van der Waals surface area contributed by atoms with E-state index in [-0.39, 0.29) is 0 Å². The second kappa shape index (κ2) is 8.70. The molecule has 4 heteroatoms. The van der Waals surface area contributed by atoms with Gasteiger partial charge in [0.15, 0.2) is 0 Å². The monoisotopic (exact) mass is 413 g/mol. The summed E-state index contributed by atoms with van der Waals surface area (Å²) in [6.07, 6.45) is 6.80. The van der Waals surface area contributed by atoms with Crippen LogP contribution in [0.4, 0.5) is 5.69 Å². The van der Waals surface area contributed by atoms with Crippen LogP contribution < -0.4 is 9.64 Å². The van der Waals surface area contributed by atoms with E-state index < -0.39 is 0 Å². The molecule has 0 spiro atoms. The largest absolute Gasteiger partial charge is 0.463 e. The van der Waals surface area contributed by atoms with Crippen LogP contribution in [0.2, 0.25) is 0 Å². The summed E-state index contributed by atoms with van der Waals surface area (Å²) in [6.45, 7) is 7.47. The molecule has 2 aromatic carbocycles. The molecule has 160 valence electrons. The minimum absolute atomic E-state index is 0.482. The number of hydrogen-bond donors (Lipinski definition) is 0. The van der Waals surface area contributed by atoms with E-state index in [1.54, 1.807) is 6.20 Å². The zero-order valence-corrected chi connectivity index (χ0v) is 18.6. The van der Waals surface area contributed by atoms with Gasteiger partial charge in [-0.05, 0) is 86.3 Å². The molecule has 2 aliphatic rings. The van der Waals surface area contributed by atoms with Crippen molar-refractivity contribution in [3.05, 3.63) is 71.4 Å². The first-order chi connectivity index (χ1) is 15.2. The summed E-state index contributed by atoms with van der Waals surface area (Å²) < 4.78 is 5.98. The second-order valence-corrected chi connectivity index (χ2v) is 9.12. The normalized spacial score (nSPS) is 20.5. The van der Waals surface area contributed by atoms with Crippen LogP contribution in [0.3, 0.4) is 0 Å². The molecule has 0 atom stereocenters. The lowest BCUT2D eigenvalue weighted by Gasteiger charge is -2.36. The highest BCUT2D eigenvalue weighted by Gasteiger charge is 2.32. The Hall–Kier alpha value is -2.88. The van der Waals surface area contributed by atoms with Crippen molar-refractivity contribution in [3.8, 4) is 17.3 Å². The zero-order chi connectivity index (χ0) is 21.2. The molecular formula is C27H31N3O. The molecular weight excluding hydrogens is 382 g/mol. The van der Waals surface area contributed by atoms with Crippen molar-refractivity contribution in [2.24, 2.45) is 5.92 Å². The molecule has 1 aromatic heterocycles. The molecule has 3 aromatic rings. The van der Waals surface area contributed by atoms with Gasteiger partial charge in [0.2, 0.25) is 0 Å². The highest BCUT2D eigenvalue weighted by atomic mass is 16.5. The van der Waals surface area contributed by atoms with Crippen LogP contribution in [-0.4, -0.2) is 29.7 Å². The van der Waals surface area contributed by atoms with Gasteiger partial charge in [-0.2, -0.15) is 4.98 Å². The van der Waals surface area contributed by atoms with Gasteiger partial charge < -0.3 is 9.64 Å². The first kappa shape index (κ1) is 20.0. The highest BCUT2D eigenvalue weighted by Crippen LogP contribution is 2.43. The molecule has 0 radical (unpaired) electrons. The molecule has 0 unspecified atom stereocenters. The summed E-state index contributed by atoms with van der Waals surface area (Å²) in [7, 11) is 0. The summed E-state index contributed by atoms with van der Waals surface area (Å²) in [5.41, 5.74) is 7.60. The van der Waals surface area contributed by atoms with Crippen LogP contribution in [-0.2, 0) is 0 Å². The van der Waals surface area contributed by atoms with Crippen molar-refractivity contribution in [1.29, 1.82) is 0 Å². The molecule has 2 fully saturated rings. The van der Waals surface area contributed by atoms with Crippen molar-refractivity contribution in [3.63, 3.8) is 0 Å². The Morgan fingerprint density at radius 1 is 0.968 bits per heavy atom. The lowest BCUT2D eigenvalue weighted by atomic mass is 9.71. The molecule has 5 rings (SSSR count). The lowest BCUT2D eigenvalue weighted by molar-refractivity contribution is 0.149. The summed E-state index contributed by atoms with van der Waals surface area (Å²) in [4.78, 5) is 11.5. The lowest BCUT2D eigenvalue weighted by Crippen LogP contribution is -2.28. The number of aromatic nitrogens is 2. The quantitative estimate of drug-likeness (QED) is 0.502. The molecule has 4 nitrogen and oxygen atoms in total. The maximum Gasteiger partial charge on any atom is 0.316 e. The van der Waals surface area contributed by atoms with Gasteiger partial charge in [-0.3, -0.25) is 0 Å². The van der Waals surface area contributed by atoms with E-state index >= 15 is 0 Å². The van der Waals surface area contributed by atoms with E-state index in [4.69, 9.17) is 4.74 Å². The van der Waals surface area contributed by atoms with Gasteiger partial charge in [0.1, 0.15) is 0 Å². The molecule has 1 saturated heterocycles. The number of benzene rings is 2. The summed E-state index contributed by atoms with van der Waals surface area (Å²) in [5.74, 6) is 1.23. The summed E-state index contributed by atoms with van der Waals surface area (Å²) in [5, 5.41) is 0. The number of hydrogen-bond acceptors (Lipinski definition) is 4. The third-order valence-electron chi connectivity index (χ3n) is 6.90. The van der Waals surface area contributed by atoms with E-state index in [9.17, 15) is 0 Å². The van der Waals surface area contributed by atoms with Gasteiger partial charge in [0, 0.05) is 30.5 Å². The Morgan fingerprint density at radius 2 is 1.77 bits per heavy atom. The van der Waals surface area contributed by atoms with E-state index in [0.717, 1.165) is 11.3 Å². The van der Waals surface area contributed by atoms with Crippen LogP contribution in [0.15, 0.2) is 54.7 Å². The molecule has 0 amide bonds. The van der Waals surface area contributed by atoms with Gasteiger partial charge in [-0.25, -0.2) is 4.98 Å². The van der Waals surface area contributed by atoms with Crippen molar-refractivity contribution >= 4 is 5.69 Å². The molecule has 31 heavy (non-hydrogen) atoms. The van der Waals surface area contributed by atoms with Crippen LogP contribution in [0.5, 0.6) is 6.01 Å². The average Bonchev–Trinajstić information content (AvgIpc) is 3.29. The van der Waals surface area contributed by atoms with Gasteiger partial charge >= 0.3 is 6.01 Å². The minimum Gasteiger partial charge on any atom is -0.463 e. The second-order valence-electron chi connectivity index (χ2n) is 9.12. The Bertz CT molecular complexity index is 1050. The molecule has 1 saturated carbocycles. The third kappa shape index (κ3) is 4.30. The first-order valence-corrected chi connectivity index (χ1v) is 11.5. The molecule has 1 aliphatic heterocycles. The predicted molar refractivity (Wildman–Crippen MR) is 126 cm³/mol. The molecule has 1 aliphatic carbocycles. The Balaban J connectivity index is 1.17. The van der Waals surface area contributed by atoms with Crippen molar-refractivity contribution in [2.45, 2.75) is 45.4 Å². The summed E-state index contributed by atoms with van der Waals surface area (Å²) >= 11 is 0. The SMILES string of the molecule is Cc1ccccc1-c1ccnc(OCC2CC(c3ccc(N4CCCC4)cc3C)C2)n1. The van der Waals surface area contributed by atoms with Crippen LogP contribution in [0.1, 0.15) is 48.3 Å². The fourth-order valence-electron chi connectivity index (χ4n) is 5.03. The van der Waals surface area contributed by atoms with Gasteiger partial charge in [0.05, 0.1) is 12.3 Å². The molecule has 2 heterocycles. The highest BCUT2D eigenvalue weighted by molar-refractivity contribution is 5.63. The number of anilines is 1. The summed E-state index contributed by atoms with van der Waals surface area (Å²) in [6, 6.07) is 17.8. The van der Waals surface area contributed by atoms with Crippen molar-refractivity contribution in [2.75, 3.05) is 24.6 Å². The van der Waals surface area contributed by atoms with E-state index in [1.807, 2.05) is 18.2 Å². The van der Waals surface area contributed by atoms with Crippen LogP contribution in [0.25, 0.3) is 11.3 Å². The number of nitrogens with zero attached hydrogens (tertiary/aromatic N) is 3. The van der Waals surface area contributed by atoms with E-state index in [2.05, 4.69) is 59.0 Å². The maximum absolute atomic E-state index is 5.98.